The lowest BCUT2D eigenvalue weighted by Crippen LogP contribution is -2.20. The summed E-state index contributed by atoms with van der Waals surface area (Å²) in [5.74, 6) is 0.726. The number of hydrogen-bond donors (Lipinski definition) is 1. The van der Waals surface area contributed by atoms with E-state index in [0.29, 0.717) is 15.1 Å². The zero-order valence-corrected chi connectivity index (χ0v) is 14.6. The van der Waals surface area contributed by atoms with Crippen LogP contribution in [0.2, 0.25) is 15.1 Å². The Hall–Kier alpha value is 0.0500. The molecule has 1 nitrogen and oxygen atoms in total. The van der Waals surface area contributed by atoms with Gasteiger partial charge < -0.3 is 5.32 Å². The van der Waals surface area contributed by atoms with Crippen LogP contribution < -0.4 is 5.32 Å². The number of nitrogens with one attached hydrogen (secondary N) is 1. The van der Waals surface area contributed by atoms with E-state index < -0.39 is 0 Å². The molecule has 114 valence electrons. The molecule has 0 unspecified atom stereocenters. The predicted octanol–water partition coefficient (Wildman–Crippen LogP) is 6.00. The first kappa shape index (κ1) is 18.1. The van der Waals surface area contributed by atoms with Crippen molar-refractivity contribution in [1.29, 1.82) is 0 Å². The minimum Gasteiger partial charge on any atom is -0.316 e. The highest BCUT2D eigenvalue weighted by Crippen LogP contribution is 2.30. The van der Waals surface area contributed by atoms with Crippen molar-refractivity contribution in [3.8, 4) is 0 Å². The van der Waals surface area contributed by atoms with Crippen LogP contribution in [0.25, 0.3) is 0 Å². The van der Waals surface area contributed by atoms with E-state index in [9.17, 15) is 0 Å². The fraction of sp³-hybridized carbons (Fsp3) is 0.625. The molecule has 1 aromatic rings. The van der Waals surface area contributed by atoms with Gasteiger partial charge in [0.15, 0.2) is 0 Å². The monoisotopic (exact) mass is 335 g/mol. The van der Waals surface area contributed by atoms with Crippen molar-refractivity contribution >= 4 is 34.8 Å². The van der Waals surface area contributed by atoms with E-state index in [1.807, 2.05) is 0 Å². The second-order valence-corrected chi connectivity index (χ2v) is 6.86. The molecule has 1 rings (SSSR count). The average Bonchev–Trinajstić information content (AvgIpc) is 2.34. The minimum atomic E-state index is 0.597. The molecule has 0 bridgehead atoms. The van der Waals surface area contributed by atoms with Crippen molar-refractivity contribution in [3.63, 3.8) is 0 Å². The Morgan fingerprint density at radius 2 is 1.55 bits per heavy atom. The average molecular weight is 337 g/mol. The molecule has 1 aromatic carbocycles. The molecular formula is C16H24Cl3N. The summed E-state index contributed by atoms with van der Waals surface area (Å²) < 4.78 is 0. The van der Waals surface area contributed by atoms with Gasteiger partial charge in [-0.25, -0.2) is 0 Å². The number of halogens is 3. The van der Waals surface area contributed by atoms with Crippen LogP contribution in [-0.4, -0.2) is 13.1 Å². The first-order valence-corrected chi connectivity index (χ1v) is 8.48. The highest BCUT2D eigenvalue weighted by atomic mass is 35.5. The van der Waals surface area contributed by atoms with Crippen LogP contribution in [0, 0.1) is 5.92 Å². The quantitative estimate of drug-likeness (QED) is 0.546. The molecule has 0 radical (unpaired) electrons. The van der Waals surface area contributed by atoms with Gasteiger partial charge in [-0.3, -0.25) is 0 Å². The predicted molar refractivity (Wildman–Crippen MR) is 91.4 cm³/mol. The summed E-state index contributed by atoms with van der Waals surface area (Å²) in [5.41, 5.74) is 1.02. The SMILES string of the molecule is CC(C)CNCCCCCCc1c(Cl)cc(Cl)cc1Cl. The summed E-state index contributed by atoms with van der Waals surface area (Å²) in [7, 11) is 0. The topological polar surface area (TPSA) is 12.0 Å². The Morgan fingerprint density at radius 3 is 2.15 bits per heavy atom. The summed E-state index contributed by atoms with van der Waals surface area (Å²) in [6, 6.07) is 3.53. The van der Waals surface area contributed by atoms with E-state index in [4.69, 9.17) is 34.8 Å². The van der Waals surface area contributed by atoms with Gasteiger partial charge >= 0.3 is 0 Å². The third kappa shape index (κ3) is 7.17. The van der Waals surface area contributed by atoms with Crippen LogP contribution in [0.3, 0.4) is 0 Å². The van der Waals surface area contributed by atoms with E-state index in [1.54, 1.807) is 12.1 Å². The van der Waals surface area contributed by atoms with Crippen molar-refractivity contribution in [2.75, 3.05) is 13.1 Å². The van der Waals surface area contributed by atoms with Crippen LogP contribution in [0.5, 0.6) is 0 Å². The summed E-state index contributed by atoms with van der Waals surface area (Å²) in [6.45, 7) is 6.68. The van der Waals surface area contributed by atoms with Gasteiger partial charge in [0.1, 0.15) is 0 Å². The highest BCUT2D eigenvalue weighted by Gasteiger charge is 2.07. The number of hydrogen-bond acceptors (Lipinski definition) is 1. The smallest absolute Gasteiger partial charge is 0.0467 e. The number of rotatable bonds is 9. The van der Waals surface area contributed by atoms with E-state index >= 15 is 0 Å². The molecule has 0 spiro atoms. The third-order valence-corrected chi connectivity index (χ3v) is 4.08. The molecule has 4 heteroatoms. The molecule has 0 amide bonds. The first-order chi connectivity index (χ1) is 9.50. The summed E-state index contributed by atoms with van der Waals surface area (Å²) in [5, 5.41) is 5.42. The van der Waals surface area contributed by atoms with E-state index in [-0.39, 0.29) is 0 Å². The molecule has 0 aliphatic heterocycles. The summed E-state index contributed by atoms with van der Waals surface area (Å²) in [6.07, 6.45) is 5.72. The fourth-order valence-corrected chi connectivity index (χ4v) is 3.11. The van der Waals surface area contributed by atoms with Crippen LogP contribution in [0.15, 0.2) is 12.1 Å². The van der Waals surface area contributed by atoms with Gasteiger partial charge in [0, 0.05) is 15.1 Å². The molecule has 0 atom stereocenters. The van der Waals surface area contributed by atoms with Crippen molar-refractivity contribution in [1.82, 2.24) is 5.32 Å². The first-order valence-electron chi connectivity index (χ1n) is 7.35. The highest BCUT2D eigenvalue weighted by molar-refractivity contribution is 6.39. The van der Waals surface area contributed by atoms with E-state index in [2.05, 4.69) is 19.2 Å². The lowest BCUT2D eigenvalue weighted by atomic mass is 10.1. The number of unbranched alkanes of at least 4 members (excludes halogenated alkanes) is 3. The molecule has 0 aliphatic rings. The van der Waals surface area contributed by atoms with Crippen LogP contribution in [-0.2, 0) is 6.42 Å². The van der Waals surface area contributed by atoms with Gasteiger partial charge in [-0.05, 0) is 56.0 Å². The van der Waals surface area contributed by atoms with Crippen molar-refractivity contribution < 1.29 is 0 Å². The summed E-state index contributed by atoms with van der Waals surface area (Å²) >= 11 is 18.2. The fourth-order valence-electron chi connectivity index (χ4n) is 2.11. The maximum Gasteiger partial charge on any atom is 0.0467 e. The molecule has 0 fully saturated rings. The third-order valence-electron chi connectivity index (χ3n) is 3.19. The Labute approximate surface area is 138 Å². The number of benzene rings is 1. The van der Waals surface area contributed by atoms with Crippen molar-refractivity contribution in [3.05, 3.63) is 32.8 Å². The molecule has 0 saturated carbocycles. The van der Waals surface area contributed by atoms with Gasteiger partial charge in [-0.1, -0.05) is 61.5 Å². The van der Waals surface area contributed by atoms with Gasteiger partial charge in [0.25, 0.3) is 0 Å². The lowest BCUT2D eigenvalue weighted by molar-refractivity contribution is 0.526. The van der Waals surface area contributed by atoms with E-state index in [1.165, 1.54) is 19.3 Å². The van der Waals surface area contributed by atoms with Gasteiger partial charge in [0.2, 0.25) is 0 Å². The molecular weight excluding hydrogens is 313 g/mol. The lowest BCUT2D eigenvalue weighted by Gasteiger charge is -2.09. The second-order valence-electron chi connectivity index (χ2n) is 5.61. The zero-order chi connectivity index (χ0) is 15.0. The molecule has 0 saturated heterocycles. The Morgan fingerprint density at radius 1 is 0.950 bits per heavy atom. The molecule has 20 heavy (non-hydrogen) atoms. The standard InChI is InChI=1S/C16H24Cl3N/c1-12(2)11-20-8-6-4-3-5-7-14-15(18)9-13(17)10-16(14)19/h9-10,12,20H,3-8,11H2,1-2H3. The molecule has 0 aliphatic carbocycles. The normalized spacial score (nSPS) is 11.3. The van der Waals surface area contributed by atoms with Crippen LogP contribution >= 0.6 is 34.8 Å². The summed E-state index contributed by atoms with van der Waals surface area (Å²) in [4.78, 5) is 0. The zero-order valence-electron chi connectivity index (χ0n) is 12.3. The Kier molecular flexibility index (Phi) is 8.95. The second kappa shape index (κ2) is 9.89. The van der Waals surface area contributed by atoms with Crippen LogP contribution in [0.1, 0.15) is 45.1 Å². The van der Waals surface area contributed by atoms with Gasteiger partial charge in [0.05, 0.1) is 0 Å². The van der Waals surface area contributed by atoms with Crippen molar-refractivity contribution in [2.45, 2.75) is 46.0 Å². The van der Waals surface area contributed by atoms with E-state index in [0.717, 1.165) is 37.4 Å². The Balaban J connectivity index is 2.16. The maximum absolute atomic E-state index is 6.17. The maximum atomic E-state index is 6.17. The molecule has 1 N–H and O–H groups in total. The van der Waals surface area contributed by atoms with Crippen molar-refractivity contribution in [2.24, 2.45) is 5.92 Å². The largest absolute Gasteiger partial charge is 0.316 e. The Bertz CT molecular complexity index is 382. The van der Waals surface area contributed by atoms with Gasteiger partial charge in [-0.15, -0.1) is 0 Å². The minimum absolute atomic E-state index is 0.597. The van der Waals surface area contributed by atoms with Gasteiger partial charge in [-0.2, -0.15) is 0 Å². The molecule has 0 aromatic heterocycles. The molecule has 0 heterocycles. The van der Waals surface area contributed by atoms with Crippen LogP contribution in [0.4, 0.5) is 0 Å².